The first-order valence-corrected chi connectivity index (χ1v) is 13.6. The molecule has 0 bridgehead atoms. The lowest BCUT2D eigenvalue weighted by Gasteiger charge is -2.10. The number of ketones is 1. The number of allylic oxidation sites excluding steroid dienone is 2. The maximum absolute atomic E-state index is 12.1. The van der Waals surface area contributed by atoms with Crippen LogP contribution in [0, 0.1) is 0 Å². The Bertz CT molecular complexity index is 916. The molecular formula is C21H24O5P2. The van der Waals surface area contributed by atoms with Crippen LogP contribution in [-0.2, 0) is 13.9 Å². The Morgan fingerprint density at radius 2 is 1.14 bits per heavy atom. The average Bonchev–Trinajstić information content (AvgIpc) is 2.56. The molecule has 2 aromatic carbocycles. The molecule has 5 nitrogen and oxygen atoms in total. The van der Waals surface area contributed by atoms with Gasteiger partial charge in [-0.05, 0) is 47.5 Å². The second kappa shape index (κ2) is 9.23. The smallest absolute Gasteiger partial charge is 0.242 e. The van der Waals surface area contributed by atoms with Gasteiger partial charge >= 0.3 is 0 Å². The third-order valence-corrected chi connectivity index (χ3v) is 4.55. The van der Waals surface area contributed by atoms with Crippen molar-refractivity contribution in [3.63, 3.8) is 0 Å². The second-order valence-corrected chi connectivity index (χ2v) is 12.3. The summed E-state index contributed by atoms with van der Waals surface area (Å²) >= 11 is 0. The van der Waals surface area contributed by atoms with E-state index in [9.17, 15) is 13.9 Å². The van der Waals surface area contributed by atoms with Crippen LogP contribution in [0.2, 0.25) is 0 Å². The van der Waals surface area contributed by atoms with E-state index < -0.39 is 14.7 Å². The molecule has 0 saturated heterocycles. The molecule has 0 unspecified atom stereocenters. The predicted octanol–water partition coefficient (Wildman–Crippen LogP) is 5.82. The van der Waals surface area contributed by atoms with Crippen LogP contribution in [0.1, 0.15) is 11.1 Å². The first-order valence-electron chi connectivity index (χ1n) is 8.60. The minimum absolute atomic E-state index is 0.189. The van der Waals surface area contributed by atoms with Crippen molar-refractivity contribution in [3.8, 4) is 11.5 Å². The molecule has 0 aliphatic heterocycles. The van der Waals surface area contributed by atoms with E-state index in [1.807, 2.05) is 12.1 Å². The first kappa shape index (κ1) is 21.9. The SMILES string of the molecule is CP(C)(=O)Oc1cccc(C=CC(=O)C=Cc2cccc(OP(C)(C)=O)c2)c1. The van der Waals surface area contributed by atoms with Crippen LogP contribution in [-0.4, -0.2) is 32.4 Å². The van der Waals surface area contributed by atoms with Crippen molar-refractivity contribution in [2.75, 3.05) is 26.7 Å². The van der Waals surface area contributed by atoms with E-state index in [1.165, 1.54) is 12.2 Å². The summed E-state index contributed by atoms with van der Waals surface area (Å²) in [7, 11) is -5.28. The van der Waals surface area contributed by atoms with Crippen molar-refractivity contribution >= 4 is 32.7 Å². The number of hydrogen-bond acceptors (Lipinski definition) is 5. The quantitative estimate of drug-likeness (QED) is 0.399. The van der Waals surface area contributed by atoms with E-state index in [-0.39, 0.29) is 5.78 Å². The summed E-state index contributed by atoms with van der Waals surface area (Å²) in [5.41, 5.74) is 1.54. The Morgan fingerprint density at radius 1 is 0.750 bits per heavy atom. The van der Waals surface area contributed by atoms with Gasteiger partial charge in [0.2, 0.25) is 14.7 Å². The molecule has 28 heavy (non-hydrogen) atoms. The van der Waals surface area contributed by atoms with Gasteiger partial charge in [-0.15, -0.1) is 0 Å². The molecule has 0 amide bonds. The van der Waals surface area contributed by atoms with Crippen LogP contribution < -0.4 is 9.05 Å². The van der Waals surface area contributed by atoms with Crippen molar-refractivity contribution in [1.82, 2.24) is 0 Å². The third-order valence-electron chi connectivity index (χ3n) is 3.25. The molecule has 7 heteroatoms. The first-order chi connectivity index (χ1) is 13.0. The lowest BCUT2D eigenvalue weighted by Crippen LogP contribution is -1.90. The maximum atomic E-state index is 12.1. The van der Waals surface area contributed by atoms with E-state index in [0.29, 0.717) is 11.5 Å². The normalized spacial score (nSPS) is 12.4. The summed E-state index contributed by atoms with van der Waals surface area (Å²) in [6.07, 6.45) is 6.22. The molecule has 0 heterocycles. The van der Waals surface area contributed by atoms with Gasteiger partial charge in [0.1, 0.15) is 11.5 Å². The van der Waals surface area contributed by atoms with E-state index in [4.69, 9.17) is 9.05 Å². The molecule has 0 spiro atoms. The van der Waals surface area contributed by atoms with Crippen LogP contribution in [0.15, 0.2) is 60.7 Å². The van der Waals surface area contributed by atoms with Crippen LogP contribution in [0.3, 0.4) is 0 Å². The Balaban J connectivity index is 2.04. The molecule has 2 rings (SSSR count). The van der Waals surface area contributed by atoms with Crippen molar-refractivity contribution in [2.45, 2.75) is 0 Å². The molecule has 148 valence electrons. The monoisotopic (exact) mass is 418 g/mol. The highest BCUT2D eigenvalue weighted by Crippen LogP contribution is 2.39. The van der Waals surface area contributed by atoms with Crippen LogP contribution in [0.25, 0.3) is 12.2 Å². The molecule has 0 N–H and O–H groups in total. The lowest BCUT2D eigenvalue weighted by molar-refractivity contribution is -0.110. The molecule has 0 aromatic heterocycles. The van der Waals surface area contributed by atoms with Crippen molar-refractivity contribution in [3.05, 3.63) is 71.8 Å². The minimum Gasteiger partial charge on any atom is -0.443 e. The highest BCUT2D eigenvalue weighted by atomic mass is 31.2. The molecule has 0 aliphatic carbocycles. The van der Waals surface area contributed by atoms with Crippen molar-refractivity contribution in [1.29, 1.82) is 0 Å². The van der Waals surface area contributed by atoms with Gasteiger partial charge in [-0.3, -0.25) is 13.9 Å². The summed E-state index contributed by atoms with van der Waals surface area (Å²) in [6, 6.07) is 14.1. The topological polar surface area (TPSA) is 69.7 Å². The van der Waals surface area contributed by atoms with E-state index >= 15 is 0 Å². The van der Waals surface area contributed by atoms with E-state index in [1.54, 1.807) is 75.2 Å². The highest BCUT2D eigenvalue weighted by molar-refractivity contribution is 7.58. The molecule has 2 aromatic rings. The Labute approximate surface area is 166 Å². The van der Waals surface area contributed by atoms with Gasteiger partial charge in [0.15, 0.2) is 5.78 Å². The number of rotatable bonds is 8. The van der Waals surface area contributed by atoms with Gasteiger partial charge in [0.05, 0.1) is 0 Å². The van der Waals surface area contributed by atoms with E-state index in [0.717, 1.165) is 11.1 Å². The Morgan fingerprint density at radius 3 is 1.50 bits per heavy atom. The van der Waals surface area contributed by atoms with Gasteiger partial charge in [0, 0.05) is 26.7 Å². The fraction of sp³-hybridized carbons (Fsp3) is 0.190. The number of carbonyl (C=O) groups is 1. The zero-order valence-corrected chi connectivity index (χ0v) is 18.2. The van der Waals surface area contributed by atoms with Gasteiger partial charge in [0.25, 0.3) is 0 Å². The summed E-state index contributed by atoms with van der Waals surface area (Å²) in [5.74, 6) is 0.810. The summed E-state index contributed by atoms with van der Waals surface area (Å²) in [4.78, 5) is 12.1. The highest BCUT2D eigenvalue weighted by Gasteiger charge is 2.09. The minimum atomic E-state index is -2.64. The van der Waals surface area contributed by atoms with Crippen LogP contribution >= 0.6 is 14.7 Å². The largest absolute Gasteiger partial charge is 0.443 e. The number of carbonyl (C=O) groups excluding carboxylic acids is 1. The maximum Gasteiger partial charge on any atom is 0.242 e. The standard InChI is InChI=1S/C21H24O5P2/c1-27(2,23)25-20-9-5-7-17(15-20)11-13-19(22)14-12-18-8-6-10-21(16-18)26-28(3,4)24/h5-16H,1-4H3. The van der Waals surface area contributed by atoms with Gasteiger partial charge in [-0.1, -0.05) is 36.4 Å². The molecule has 0 aliphatic rings. The molecular weight excluding hydrogens is 394 g/mol. The summed E-state index contributed by atoms with van der Waals surface area (Å²) < 4.78 is 34.3. The number of benzene rings is 2. The van der Waals surface area contributed by atoms with Crippen LogP contribution in [0.5, 0.6) is 11.5 Å². The lowest BCUT2D eigenvalue weighted by atomic mass is 10.1. The third kappa shape index (κ3) is 8.56. The van der Waals surface area contributed by atoms with Crippen LogP contribution in [0.4, 0.5) is 0 Å². The van der Waals surface area contributed by atoms with Crippen molar-refractivity contribution < 1.29 is 23.0 Å². The fourth-order valence-corrected chi connectivity index (χ4v) is 3.51. The van der Waals surface area contributed by atoms with Gasteiger partial charge in [-0.25, -0.2) is 0 Å². The zero-order chi connectivity index (χ0) is 20.8. The average molecular weight is 418 g/mol. The fourth-order valence-electron chi connectivity index (χ4n) is 2.27. The molecule has 0 fully saturated rings. The summed E-state index contributed by atoms with van der Waals surface area (Å²) in [5, 5.41) is 0. The summed E-state index contributed by atoms with van der Waals surface area (Å²) in [6.45, 7) is 6.18. The molecule has 0 radical (unpaired) electrons. The van der Waals surface area contributed by atoms with Crippen molar-refractivity contribution in [2.24, 2.45) is 0 Å². The number of hydrogen-bond donors (Lipinski definition) is 0. The predicted molar refractivity (Wildman–Crippen MR) is 116 cm³/mol. The molecule has 0 atom stereocenters. The Kier molecular flexibility index (Phi) is 7.23. The van der Waals surface area contributed by atoms with Gasteiger partial charge < -0.3 is 9.05 Å². The van der Waals surface area contributed by atoms with Gasteiger partial charge in [-0.2, -0.15) is 0 Å². The van der Waals surface area contributed by atoms with E-state index in [2.05, 4.69) is 0 Å². The molecule has 0 saturated carbocycles. The Hall–Kier alpha value is -2.35. The zero-order valence-electron chi connectivity index (χ0n) is 16.4. The second-order valence-electron chi connectivity index (χ2n) is 6.90.